The Morgan fingerprint density at radius 3 is 2.58 bits per heavy atom. The number of nitrogens with zero attached hydrogens (tertiary/aromatic N) is 3. The van der Waals surface area contributed by atoms with E-state index in [4.69, 9.17) is 14.2 Å². The minimum absolute atomic E-state index is 0.0439. The van der Waals surface area contributed by atoms with Crippen molar-refractivity contribution >= 4 is 17.7 Å². The summed E-state index contributed by atoms with van der Waals surface area (Å²) in [4.78, 5) is 29.5. The number of halogens is 2. The van der Waals surface area contributed by atoms with E-state index in [0.29, 0.717) is 24.5 Å². The number of hydrogen-bond donors (Lipinski definition) is 0. The molecule has 1 atom stereocenters. The van der Waals surface area contributed by atoms with Crippen LogP contribution in [0.25, 0.3) is 16.9 Å². The highest BCUT2D eigenvalue weighted by atomic mass is 19.1. The Morgan fingerprint density at radius 2 is 1.95 bits per heavy atom. The second-order valence-corrected chi connectivity index (χ2v) is 10.3. The Kier molecular flexibility index (Phi) is 7.85. The SMILES string of the molecule is COC(=O)N1CCO[C@@H](Cc2c(-c3c(F)cc(CC(=C=O)OC(C)(C)C)cc3F)nc3cc(C)ccn23)C1. The normalized spacial score (nSPS) is 15.9. The van der Waals surface area contributed by atoms with Gasteiger partial charge in [0.05, 0.1) is 43.3 Å². The number of carbonyl (C=O) groups is 1. The van der Waals surface area contributed by atoms with E-state index in [9.17, 15) is 9.59 Å². The fourth-order valence-electron chi connectivity index (χ4n) is 4.55. The highest BCUT2D eigenvalue weighted by Crippen LogP contribution is 2.32. The third-order valence-electron chi connectivity index (χ3n) is 6.12. The molecule has 1 fully saturated rings. The van der Waals surface area contributed by atoms with Crippen molar-refractivity contribution in [1.29, 1.82) is 0 Å². The monoisotopic (exact) mass is 527 g/mol. The Labute approximate surface area is 219 Å². The molecule has 0 N–H and O–H groups in total. The van der Waals surface area contributed by atoms with Gasteiger partial charge in [0.15, 0.2) is 11.7 Å². The topological polar surface area (TPSA) is 82.4 Å². The number of imidazole rings is 1. The molecule has 3 aromatic rings. The van der Waals surface area contributed by atoms with Crippen LogP contribution in [0.5, 0.6) is 0 Å². The number of aromatic nitrogens is 2. The van der Waals surface area contributed by atoms with Crippen LogP contribution in [0.4, 0.5) is 13.6 Å². The molecule has 0 bridgehead atoms. The predicted molar refractivity (Wildman–Crippen MR) is 136 cm³/mol. The number of hydrogen-bond acceptors (Lipinski definition) is 6. The third kappa shape index (κ3) is 6.03. The summed E-state index contributed by atoms with van der Waals surface area (Å²) in [5, 5.41) is 0. The molecule has 3 heterocycles. The summed E-state index contributed by atoms with van der Waals surface area (Å²) in [6.07, 6.45) is 1.06. The summed E-state index contributed by atoms with van der Waals surface area (Å²) in [7, 11) is 1.32. The van der Waals surface area contributed by atoms with Crippen molar-refractivity contribution < 1.29 is 32.6 Å². The lowest BCUT2D eigenvalue weighted by molar-refractivity contribution is -0.0241. The molecule has 4 rings (SSSR count). The zero-order valence-corrected chi connectivity index (χ0v) is 22.1. The molecule has 0 unspecified atom stereocenters. The van der Waals surface area contributed by atoms with Crippen LogP contribution in [-0.4, -0.2) is 64.8 Å². The lowest BCUT2D eigenvalue weighted by Gasteiger charge is -2.32. The van der Waals surface area contributed by atoms with Gasteiger partial charge >= 0.3 is 6.09 Å². The first-order valence-electron chi connectivity index (χ1n) is 12.3. The largest absolute Gasteiger partial charge is 0.481 e. The van der Waals surface area contributed by atoms with Crippen molar-refractivity contribution in [3.8, 4) is 11.3 Å². The van der Waals surface area contributed by atoms with Crippen LogP contribution < -0.4 is 0 Å². The van der Waals surface area contributed by atoms with E-state index in [1.165, 1.54) is 24.1 Å². The summed E-state index contributed by atoms with van der Waals surface area (Å²) in [6, 6.07) is 6.06. The number of ether oxygens (including phenoxy) is 3. The van der Waals surface area contributed by atoms with E-state index in [-0.39, 0.29) is 42.0 Å². The Balaban J connectivity index is 1.72. The van der Waals surface area contributed by atoms with Crippen molar-refractivity contribution in [2.24, 2.45) is 0 Å². The maximum absolute atomic E-state index is 15.5. The van der Waals surface area contributed by atoms with Gasteiger partial charge in [0.2, 0.25) is 0 Å². The van der Waals surface area contributed by atoms with Gasteiger partial charge in [-0.2, -0.15) is 0 Å². The first kappa shape index (κ1) is 27.3. The second kappa shape index (κ2) is 10.9. The zero-order valence-electron chi connectivity index (χ0n) is 22.1. The lowest BCUT2D eigenvalue weighted by atomic mass is 10.0. The molecular formula is C28H31F2N3O5. The van der Waals surface area contributed by atoms with Crippen LogP contribution in [0, 0.1) is 18.6 Å². The average molecular weight is 528 g/mol. The Hall–Kier alpha value is -3.75. The maximum atomic E-state index is 15.5. The predicted octanol–water partition coefficient (Wildman–Crippen LogP) is 4.67. The minimum atomic E-state index is -0.817. The summed E-state index contributed by atoms with van der Waals surface area (Å²) >= 11 is 0. The highest BCUT2D eigenvalue weighted by Gasteiger charge is 2.29. The molecule has 0 spiro atoms. The summed E-state index contributed by atoms with van der Waals surface area (Å²) in [6.45, 7) is 8.17. The van der Waals surface area contributed by atoms with Gasteiger partial charge in [-0.1, -0.05) is 0 Å². The highest BCUT2D eigenvalue weighted by molar-refractivity contribution is 5.69. The van der Waals surface area contributed by atoms with E-state index in [1.54, 1.807) is 37.3 Å². The Bertz CT molecular complexity index is 1380. The number of amides is 1. The van der Waals surface area contributed by atoms with Gasteiger partial charge in [0.25, 0.3) is 0 Å². The van der Waals surface area contributed by atoms with E-state index >= 15 is 8.78 Å². The van der Waals surface area contributed by atoms with Crippen molar-refractivity contribution in [3.05, 3.63) is 64.7 Å². The summed E-state index contributed by atoms with van der Waals surface area (Å²) in [5.41, 5.74) is 1.46. The van der Waals surface area contributed by atoms with Crippen LogP contribution in [0.1, 0.15) is 37.6 Å². The standard InChI is InChI=1S/C28H31F2N3O5/c1-17-6-7-33-23(14-19-15-32(8-9-37-19)27(35)36-5)26(31-24(33)10-17)25-21(29)12-18(13-22(25)30)11-20(16-34)38-28(2,3)4/h6-7,10,12-13,19H,8-9,11,14-15H2,1-5H3/t19-/m0/s1. The fraction of sp³-hybridized carbons (Fsp3) is 0.429. The van der Waals surface area contributed by atoms with E-state index in [2.05, 4.69) is 4.98 Å². The van der Waals surface area contributed by atoms with E-state index in [1.807, 2.05) is 19.1 Å². The first-order chi connectivity index (χ1) is 18.0. The van der Waals surface area contributed by atoms with Gasteiger partial charge < -0.3 is 23.5 Å². The quantitative estimate of drug-likeness (QED) is 0.342. The average Bonchev–Trinajstić information content (AvgIpc) is 3.18. The number of aryl methyl sites for hydroxylation is 1. The van der Waals surface area contributed by atoms with Gasteiger partial charge in [-0.05, 0) is 63.1 Å². The molecular weight excluding hydrogens is 496 g/mol. The molecule has 1 aliphatic rings. The molecule has 1 aliphatic heterocycles. The number of pyridine rings is 1. The van der Waals surface area contributed by atoms with Crippen LogP contribution in [0.3, 0.4) is 0 Å². The molecule has 1 saturated heterocycles. The molecule has 8 nitrogen and oxygen atoms in total. The van der Waals surface area contributed by atoms with E-state index < -0.39 is 29.4 Å². The van der Waals surface area contributed by atoms with Gasteiger partial charge in [0, 0.05) is 25.6 Å². The van der Waals surface area contributed by atoms with Crippen molar-refractivity contribution in [2.45, 2.75) is 52.2 Å². The molecule has 0 radical (unpaired) electrons. The Morgan fingerprint density at radius 1 is 1.24 bits per heavy atom. The lowest BCUT2D eigenvalue weighted by Crippen LogP contribution is -2.46. The van der Waals surface area contributed by atoms with Crippen molar-refractivity contribution in [1.82, 2.24) is 14.3 Å². The fourth-order valence-corrected chi connectivity index (χ4v) is 4.55. The van der Waals surface area contributed by atoms with Crippen molar-refractivity contribution in [3.63, 3.8) is 0 Å². The number of methoxy groups -OCH3 is 1. The molecule has 1 amide bonds. The van der Waals surface area contributed by atoms with Crippen LogP contribution >= 0.6 is 0 Å². The number of fused-ring (bicyclic) bond motifs is 1. The summed E-state index contributed by atoms with van der Waals surface area (Å²) < 4.78 is 49.1. The molecule has 10 heteroatoms. The number of carbonyl (C=O) groups excluding carboxylic acids is 2. The maximum Gasteiger partial charge on any atom is 0.409 e. The smallest absolute Gasteiger partial charge is 0.409 e. The van der Waals surface area contributed by atoms with Gasteiger partial charge in [-0.15, -0.1) is 0 Å². The van der Waals surface area contributed by atoms with Gasteiger partial charge in [-0.3, -0.25) is 0 Å². The molecule has 202 valence electrons. The number of benzene rings is 1. The van der Waals surface area contributed by atoms with Crippen LogP contribution in [-0.2, 0) is 31.8 Å². The number of morpholine rings is 1. The van der Waals surface area contributed by atoms with Crippen LogP contribution in [0.15, 0.2) is 36.2 Å². The molecule has 38 heavy (non-hydrogen) atoms. The first-order valence-corrected chi connectivity index (χ1v) is 12.3. The molecule has 0 aliphatic carbocycles. The minimum Gasteiger partial charge on any atom is -0.481 e. The van der Waals surface area contributed by atoms with Gasteiger partial charge in [-0.25, -0.2) is 23.4 Å². The zero-order chi connectivity index (χ0) is 27.6. The molecule has 1 aromatic carbocycles. The second-order valence-electron chi connectivity index (χ2n) is 10.3. The third-order valence-corrected chi connectivity index (χ3v) is 6.12. The van der Waals surface area contributed by atoms with Crippen LogP contribution in [0.2, 0.25) is 0 Å². The van der Waals surface area contributed by atoms with Crippen molar-refractivity contribution in [2.75, 3.05) is 26.8 Å². The van der Waals surface area contributed by atoms with Gasteiger partial charge in [0.1, 0.15) is 22.9 Å². The molecule has 2 aromatic heterocycles. The van der Waals surface area contributed by atoms with E-state index in [0.717, 1.165) is 5.56 Å². The number of rotatable bonds is 6. The number of allylic oxidation sites excluding steroid dienone is 1. The molecule has 0 saturated carbocycles. The summed E-state index contributed by atoms with van der Waals surface area (Å²) in [5.74, 6) is 0.0417.